The van der Waals surface area contributed by atoms with Gasteiger partial charge in [0.1, 0.15) is 17.1 Å². The first-order valence-corrected chi connectivity index (χ1v) is 11.4. The zero-order valence-corrected chi connectivity index (χ0v) is 18.9. The van der Waals surface area contributed by atoms with Crippen molar-refractivity contribution in [3.63, 3.8) is 0 Å². The lowest BCUT2D eigenvalue weighted by molar-refractivity contribution is 0.102. The number of carboxylic acid groups (broad SMARTS) is 1. The first-order valence-electron chi connectivity index (χ1n) is 10.6. The number of Topliss-reactive ketones (excluding diaryl/α,β-unsaturated/α-hetero) is 1. The summed E-state index contributed by atoms with van der Waals surface area (Å²) < 4.78 is 5.33. The molecule has 0 spiro atoms. The monoisotopic (exact) mass is 457 g/mol. The molecule has 1 aliphatic rings. The van der Waals surface area contributed by atoms with E-state index in [-0.39, 0.29) is 17.2 Å². The van der Waals surface area contributed by atoms with Crippen molar-refractivity contribution < 1.29 is 24.2 Å². The van der Waals surface area contributed by atoms with E-state index in [2.05, 4.69) is 11.4 Å². The van der Waals surface area contributed by atoms with E-state index in [0.717, 1.165) is 17.2 Å². The van der Waals surface area contributed by atoms with Crippen LogP contribution in [0.2, 0.25) is 0 Å². The Hall–Kier alpha value is -3.13. The highest BCUT2D eigenvalue weighted by atomic mass is 32.1. The second kappa shape index (κ2) is 10.5. The molecule has 3 N–H and O–H groups in total. The number of hydrogen-bond donors (Lipinski definition) is 3. The minimum absolute atomic E-state index is 0.208. The Morgan fingerprint density at radius 2 is 2.09 bits per heavy atom. The smallest absolute Gasteiger partial charge is 0.408 e. The summed E-state index contributed by atoms with van der Waals surface area (Å²) >= 11 is 1.63. The lowest BCUT2D eigenvalue weighted by Gasteiger charge is -2.11. The Morgan fingerprint density at radius 3 is 2.75 bits per heavy atom. The van der Waals surface area contributed by atoms with Crippen LogP contribution >= 0.6 is 11.3 Å². The third kappa shape index (κ3) is 6.43. The molecule has 0 aromatic carbocycles. The highest BCUT2D eigenvalue weighted by Crippen LogP contribution is 2.35. The van der Waals surface area contributed by atoms with E-state index < -0.39 is 23.3 Å². The van der Waals surface area contributed by atoms with Crippen molar-refractivity contribution in [2.45, 2.75) is 51.9 Å². The van der Waals surface area contributed by atoms with E-state index in [9.17, 15) is 19.5 Å². The van der Waals surface area contributed by atoms with Crippen molar-refractivity contribution in [1.82, 2.24) is 5.32 Å². The fraction of sp³-hybridized carbons (Fsp3) is 0.375. The predicted octanol–water partition coefficient (Wildman–Crippen LogP) is 5.31. The van der Waals surface area contributed by atoms with Crippen molar-refractivity contribution in [2.75, 3.05) is 0 Å². The normalized spacial score (nSPS) is 15.1. The molecule has 8 heteroatoms. The third-order valence-corrected chi connectivity index (χ3v) is 6.39. The lowest BCUT2D eigenvalue weighted by Crippen LogP contribution is -2.16. The Balaban J connectivity index is 1.68. The summed E-state index contributed by atoms with van der Waals surface area (Å²) in [6.07, 6.45) is 8.29. The van der Waals surface area contributed by atoms with Crippen LogP contribution in [0.5, 0.6) is 5.75 Å². The minimum atomic E-state index is -1.15. The average Bonchev–Trinajstić information content (AvgIpc) is 3.43. The number of carbonyl (C=O) groups excluding carboxylic acids is 1. The summed E-state index contributed by atoms with van der Waals surface area (Å²) in [6, 6.07) is 5.35. The van der Waals surface area contributed by atoms with Crippen molar-refractivity contribution in [3.05, 3.63) is 67.5 Å². The average molecular weight is 458 g/mol. The number of allylic oxidation sites excluding steroid dienone is 2. The Morgan fingerprint density at radius 1 is 1.34 bits per heavy atom. The van der Waals surface area contributed by atoms with Crippen LogP contribution in [-0.2, 0) is 6.42 Å². The molecule has 0 aliphatic heterocycles. The fourth-order valence-corrected chi connectivity index (χ4v) is 4.45. The molecular weight excluding hydrogens is 430 g/mol. The molecule has 0 bridgehead atoms. The van der Waals surface area contributed by atoms with Gasteiger partial charge in [0, 0.05) is 27.9 Å². The molecule has 1 unspecified atom stereocenters. The Bertz CT molecular complexity index is 1110. The summed E-state index contributed by atoms with van der Waals surface area (Å²) in [4.78, 5) is 37.9. The summed E-state index contributed by atoms with van der Waals surface area (Å²) in [7, 11) is 0. The van der Waals surface area contributed by atoms with Gasteiger partial charge in [-0.05, 0) is 68.7 Å². The molecule has 7 nitrogen and oxygen atoms in total. The van der Waals surface area contributed by atoms with Gasteiger partial charge in [-0.3, -0.25) is 10.1 Å². The van der Waals surface area contributed by atoms with Gasteiger partial charge in [0.25, 0.3) is 0 Å². The van der Waals surface area contributed by atoms with Crippen molar-refractivity contribution in [2.24, 2.45) is 5.92 Å². The van der Waals surface area contributed by atoms with E-state index in [0.29, 0.717) is 18.4 Å². The van der Waals surface area contributed by atoms with Crippen LogP contribution < -0.4 is 10.9 Å². The molecule has 1 aliphatic carbocycles. The zero-order chi connectivity index (χ0) is 23.3. The predicted molar refractivity (Wildman–Crippen MR) is 123 cm³/mol. The second-order valence-corrected chi connectivity index (χ2v) is 9.33. The molecule has 1 saturated carbocycles. The van der Waals surface area contributed by atoms with Gasteiger partial charge in [0.05, 0.1) is 0 Å². The van der Waals surface area contributed by atoms with E-state index in [1.54, 1.807) is 30.4 Å². The SMILES string of the molecule is CC(=Cc1ccc(CC2CC2)s1)C(=O)c1c(O)cc(C(C)CCC=CNC(=O)O)oc1=O. The molecule has 0 radical (unpaired) electrons. The molecule has 2 heterocycles. The summed E-state index contributed by atoms with van der Waals surface area (Å²) in [5, 5.41) is 21.0. The quantitative estimate of drug-likeness (QED) is 0.329. The van der Waals surface area contributed by atoms with Crippen LogP contribution in [0, 0.1) is 5.92 Å². The first kappa shape index (κ1) is 23.5. The number of amides is 1. The molecule has 32 heavy (non-hydrogen) atoms. The Kier molecular flexibility index (Phi) is 7.69. The number of nitrogens with one attached hydrogen (secondary N) is 1. The van der Waals surface area contributed by atoms with E-state index in [1.165, 1.54) is 30.0 Å². The second-order valence-electron chi connectivity index (χ2n) is 8.13. The molecular formula is C24H27NO6S. The molecule has 3 rings (SSSR count). The molecule has 2 aromatic heterocycles. The number of ketones is 1. The molecule has 2 aromatic rings. The molecule has 170 valence electrons. The molecule has 1 fully saturated rings. The topological polar surface area (TPSA) is 117 Å². The number of hydrogen-bond acceptors (Lipinski definition) is 6. The summed E-state index contributed by atoms with van der Waals surface area (Å²) in [5.41, 5.74) is -0.882. The van der Waals surface area contributed by atoms with Crippen LogP contribution in [0.25, 0.3) is 6.08 Å². The van der Waals surface area contributed by atoms with E-state index in [1.807, 2.05) is 13.0 Å². The highest BCUT2D eigenvalue weighted by Gasteiger charge is 2.23. The summed E-state index contributed by atoms with van der Waals surface area (Å²) in [6.45, 7) is 3.44. The maximum atomic E-state index is 12.8. The first-order chi connectivity index (χ1) is 15.2. The largest absolute Gasteiger partial charge is 0.507 e. The van der Waals surface area contributed by atoms with Crippen LogP contribution in [0.15, 0.2) is 45.3 Å². The van der Waals surface area contributed by atoms with Gasteiger partial charge in [0.15, 0.2) is 5.78 Å². The third-order valence-electron chi connectivity index (χ3n) is 5.34. The molecule has 0 saturated heterocycles. The standard InChI is InChI=1S/C24H27NO6S/c1-14(5-3-4-10-25-24(29)30)20-13-19(26)21(23(28)31-20)22(27)15(2)11-17-8-9-18(32-17)12-16-6-7-16/h4,8-11,13-14,16,25-26H,3,5-7,12H2,1-2H3,(H,29,30). The number of rotatable bonds is 10. The van der Waals surface area contributed by atoms with Gasteiger partial charge in [-0.2, -0.15) is 0 Å². The maximum Gasteiger partial charge on any atom is 0.408 e. The van der Waals surface area contributed by atoms with Crippen molar-refractivity contribution in [1.29, 1.82) is 0 Å². The number of thiophene rings is 1. The van der Waals surface area contributed by atoms with E-state index >= 15 is 0 Å². The zero-order valence-electron chi connectivity index (χ0n) is 18.1. The molecule has 1 atom stereocenters. The van der Waals surface area contributed by atoms with Crippen molar-refractivity contribution >= 4 is 29.3 Å². The van der Waals surface area contributed by atoms with Crippen LogP contribution in [0.1, 0.15) is 71.3 Å². The number of aromatic hydroxyl groups is 1. The van der Waals surface area contributed by atoms with Crippen molar-refractivity contribution in [3.8, 4) is 5.75 Å². The minimum Gasteiger partial charge on any atom is -0.507 e. The summed E-state index contributed by atoms with van der Waals surface area (Å²) in [5.74, 6) is -0.110. The maximum absolute atomic E-state index is 12.8. The molecule has 1 amide bonds. The van der Waals surface area contributed by atoms with Crippen LogP contribution in [0.3, 0.4) is 0 Å². The van der Waals surface area contributed by atoms with E-state index in [4.69, 9.17) is 9.52 Å². The fourth-order valence-electron chi connectivity index (χ4n) is 3.32. The van der Waals surface area contributed by atoms with Crippen LogP contribution in [-0.4, -0.2) is 22.1 Å². The van der Waals surface area contributed by atoms with Gasteiger partial charge in [-0.15, -0.1) is 11.3 Å². The number of carbonyl (C=O) groups is 2. The van der Waals surface area contributed by atoms with Gasteiger partial charge >= 0.3 is 11.7 Å². The highest BCUT2D eigenvalue weighted by molar-refractivity contribution is 7.12. The van der Waals surface area contributed by atoms with Gasteiger partial charge in [-0.25, -0.2) is 9.59 Å². The lowest BCUT2D eigenvalue weighted by atomic mass is 10.00. The Labute approximate surface area is 190 Å². The van der Waals surface area contributed by atoms with Gasteiger partial charge in [0.2, 0.25) is 0 Å². The van der Waals surface area contributed by atoms with Gasteiger partial charge in [-0.1, -0.05) is 13.0 Å². The van der Waals surface area contributed by atoms with Crippen LogP contribution in [0.4, 0.5) is 4.79 Å². The van der Waals surface area contributed by atoms with Gasteiger partial charge < -0.3 is 14.6 Å².